The third-order valence-electron chi connectivity index (χ3n) is 2.94. The lowest BCUT2D eigenvalue weighted by Crippen LogP contribution is -2.31. The molecule has 0 aliphatic carbocycles. The molecule has 0 bridgehead atoms. The fourth-order valence-corrected chi connectivity index (χ4v) is 2.43. The van der Waals surface area contributed by atoms with E-state index in [2.05, 4.69) is 19.2 Å². The van der Waals surface area contributed by atoms with E-state index >= 15 is 0 Å². The van der Waals surface area contributed by atoms with E-state index in [1.807, 2.05) is 25.1 Å². The minimum absolute atomic E-state index is 0.0349. The molecule has 6 heteroatoms. The van der Waals surface area contributed by atoms with Gasteiger partial charge < -0.3 is 15.2 Å². The number of amides is 1. The van der Waals surface area contributed by atoms with Gasteiger partial charge in [0.15, 0.2) is 6.61 Å². The Labute approximate surface area is 135 Å². The van der Waals surface area contributed by atoms with Crippen LogP contribution >= 0.6 is 11.8 Å². The lowest BCUT2D eigenvalue weighted by Gasteiger charge is -2.14. The molecule has 1 aromatic carbocycles. The smallest absolute Gasteiger partial charge is 0.313 e. The molecule has 0 unspecified atom stereocenters. The molecule has 122 valence electrons. The molecule has 0 radical (unpaired) electrons. The first-order chi connectivity index (χ1) is 10.4. The number of aryl methyl sites for hydroxylation is 1. The van der Waals surface area contributed by atoms with Crippen molar-refractivity contribution in [3.05, 3.63) is 29.3 Å². The minimum Gasteiger partial charge on any atom is -0.483 e. The van der Waals surface area contributed by atoms with Crippen molar-refractivity contribution in [3.8, 4) is 5.75 Å². The number of benzene rings is 1. The second-order valence-electron chi connectivity index (χ2n) is 5.28. The van der Waals surface area contributed by atoms with E-state index in [0.717, 1.165) is 16.9 Å². The van der Waals surface area contributed by atoms with Crippen LogP contribution in [0.5, 0.6) is 5.75 Å². The van der Waals surface area contributed by atoms with Crippen molar-refractivity contribution in [2.45, 2.75) is 26.7 Å². The fraction of sp³-hybridized carbons (Fsp3) is 0.500. The van der Waals surface area contributed by atoms with Crippen LogP contribution in [0.1, 0.15) is 30.9 Å². The predicted octanol–water partition coefficient (Wildman–Crippen LogP) is 2.43. The van der Waals surface area contributed by atoms with Crippen LogP contribution in [0.2, 0.25) is 0 Å². The Kier molecular flexibility index (Phi) is 7.80. The summed E-state index contributed by atoms with van der Waals surface area (Å²) in [6.45, 7) is 6.54. The first-order valence-electron chi connectivity index (χ1n) is 7.19. The van der Waals surface area contributed by atoms with Gasteiger partial charge in [0.2, 0.25) is 0 Å². The van der Waals surface area contributed by atoms with E-state index in [9.17, 15) is 9.59 Å². The number of rotatable bonds is 9. The van der Waals surface area contributed by atoms with Gasteiger partial charge in [-0.2, -0.15) is 0 Å². The van der Waals surface area contributed by atoms with Crippen LogP contribution in [-0.2, 0) is 9.59 Å². The summed E-state index contributed by atoms with van der Waals surface area (Å²) in [5.74, 6) is 0.636. The van der Waals surface area contributed by atoms with E-state index in [4.69, 9.17) is 9.84 Å². The van der Waals surface area contributed by atoms with Gasteiger partial charge in [0.25, 0.3) is 5.91 Å². The highest BCUT2D eigenvalue weighted by Crippen LogP contribution is 2.27. The second-order valence-corrected chi connectivity index (χ2v) is 6.39. The van der Waals surface area contributed by atoms with Crippen LogP contribution in [0.25, 0.3) is 0 Å². The van der Waals surface area contributed by atoms with Gasteiger partial charge in [-0.15, -0.1) is 11.8 Å². The highest BCUT2D eigenvalue weighted by molar-refractivity contribution is 7.99. The third kappa shape index (κ3) is 6.85. The Morgan fingerprint density at radius 3 is 2.73 bits per heavy atom. The van der Waals surface area contributed by atoms with E-state index in [-0.39, 0.29) is 18.3 Å². The molecule has 0 saturated heterocycles. The zero-order chi connectivity index (χ0) is 16.5. The number of carboxylic acid groups (broad SMARTS) is 1. The summed E-state index contributed by atoms with van der Waals surface area (Å²) in [5.41, 5.74) is 2.17. The molecule has 0 aromatic heterocycles. The topological polar surface area (TPSA) is 75.6 Å². The highest BCUT2D eigenvalue weighted by Gasteiger charge is 2.10. The number of carbonyl (C=O) groups excluding carboxylic acids is 1. The Morgan fingerprint density at radius 1 is 1.36 bits per heavy atom. The molecule has 0 spiro atoms. The van der Waals surface area contributed by atoms with Gasteiger partial charge in [-0.05, 0) is 30.0 Å². The van der Waals surface area contributed by atoms with Crippen LogP contribution in [0.15, 0.2) is 18.2 Å². The summed E-state index contributed by atoms with van der Waals surface area (Å²) in [4.78, 5) is 22.1. The zero-order valence-electron chi connectivity index (χ0n) is 13.2. The molecule has 0 aliphatic heterocycles. The number of thioether (sulfide) groups is 1. The van der Waals surface area contributed by atoms with Gasteiger partial charge in [0.1, 0.15) is 5.75 Å². The van der Waals surface area contributed by atoms with E-state index in [0.29, 0.717) is 18.2 Å². The average Bonchev–Trinajstić information content (AvgIpc) is 2.44. The minimum atomic E-state index is -0.847. The van der Waals surface area contributed by atoms with Crippen molar-refractivity contribution in [2.24, 2.45) is 0 Å². The fourth-order valence-electron chi connectivity index (χ4n) is 1.86. The first-order valence-corrected chi connectivity index (χ1v) is 8.35. The number of nitrogens with one attached hydrogen (secondary N) is 1. The molecule has 1 aromatic rings. The molecular weight excluding hydrogens is 302 g/mol. The molecule has 5 nitrogen and oxygen atoms in total. The Bertz CT molecular complexity index is 517. The summed E-state index contributed by atoms with van der Waals surface area (Å²) in [6.07, 6.45) is 0. The quantitative estimate of drug-likeness (QED) is 0.682. The van der Waals surface area contributed by atoms with Gasteiger partial charge in [-0.1, -0.05) is 26.0 Å². The van der Waals surface area contributed by atoms with E-state index in [1.165, 1.54) is 11.8 Å². The zero-order valence-corrected chi connectivity index (χ0v) is 14.0. The molecule has 0 heterocycles. The second kappa shape index (κ2) is 9.35. The van der Waals surface area contributed by atoms with E-state index in [1.54, 1.807) is 0 Å². The van der Waals surface area contributed by atoms with Crippen LogP contribution in [-0.4, -0.2) is 41.6 Å². The summed E-state index contributed by atoms with van der Waals surface area (Å²) < 4.78 is 5.62. The maximum absolute atomic E-state index is 11.7. The molecule has 0 fully saturated rings. The van der Waals surface area contributed by atoms with Gasteiger partial charge in [-0.3, -0.25) is 9.59 Å². The number of hydrogen-bond donors (Lipinski definition) is 2. The highest BCUT2D eigenvalue weighted by atomic mass is 32.2. The van der Waals surface area contributed by atoms with Gasteiger partial charge in [0.05, 0.1) is 5.75 Å². The van der Waals surface area contributed by atoms with Crippen molar-refractivity contribution < 1.29 is 19.4 Å². The maximum Gasteiger partial charge on any atom is 0.313 e. The Morgan fingerprint density at radius 2 is 2.09 bits per heavy atom. The van der Waals surface area contributed by atoms with Crippen molar-refractivity contribution >= 4 is 23.6 Å². The Hall–Kier alpha value is -1.69. The molecular formula is C16H23NO4S. The number of carbonyl (C=O) groups is 2. The molecule has 2 N–H and O–H groups in total. The molecule has 22 heavy (non-hydrogen) atoms. The van der Waals surface area contributed by atoms with Crippen LogP contribution in [0.4, 0.5) is 0 Å². The van der Waals surface area contributed by atoms with Gasteiger partial charge in [0, 0.05) is 12.3 Å². The molecule has 1 amide bonds. The summed E-state index contributed by atoms with van der Waals surface area (Å²) in [6, 6.07) is 5.99. The molecule has 0 atom stereocenters. The number of hydrogen-bond acceptors (Lipinski definition) is 4. The van der Waals surface area contributed by atoms with Crippen LogP contribution in [0, 0.1) is 6.92 Å². The largest absolute Gasteiger partial charge is 0.483 e. The van der Waals surface area contributed by atoms with Gasteiger partial charge >= 0.3 is 5.97 Å². The molecule has 0 aliphatic rings. The summed E-state index contributed by atoms with van der Waals surface area (Å²) in [7, 11) is 0. The standard InChI is InChI=1S/C16H23NO4S/c1-11(2)13-5-4-12(3)8-14(13)21-9-15(18)17-6-7-22-10-16(19)20/h4-5,8,11H,6-7,9-10H2,1-3H3,(H,17,18)(H,19,20). The van der Waals surface area contributed by atoms with Crippen molar-refractivity contribution in [2.75, 3.05) is 24.7 Å². The van der Waals surface area contributed by atoms with Crippen molar-refractivity contribution in [3.63, 3.8) is 0 Å². The van der Waals surface area contributed by atoms with Crippen LogP contribution in [0.3, 0.4) is 0 Å². The summed E-state index contributed by atoms with van der Waals surface area (Å²) in [5, 5.41) is 11.2. The third-order valence-corrected chi connectivity index (χ3v) is 3.89. The van der Waals surface area contributed by atoms with Crippen molar-refractivity contribution in [1.82, 2.24) is 5.32 Å². The molecule has 0 saturated carbocycles. The van der Waals surface area contributed by atoms with Gasteiger partial charge in [-0.25, -0.2) is 0 Å². The van der Waals surface area contributed by atoms with E-state index < -0.39 is 5.97 Å². The summed E-state index contributed by atoms with van der Waals surface area (Å²) >= 11 is 1.27. The lowest BCUT2D eigenvalue weighted by atomic mass is 10.0. The molecule has 1 rings (SSSR count). The number of carboxylic acids is 1. The average molecular weight is 325 g/mol. The van der Waals surface area contributed by atoms with Crippen LogP contribution < -0.4 is 10.1 Å². The predicted molar refractivity (Wildman–Crippen MR) is 88.7 cm³/mol. The normalized spacial score (nSPS) is 10.5. The SMILES string of the molecule is Cc1ccc(C(C)C)c(OCC(=O)NCCSCC(=O)O)c1. The first kappa shape index (κ1) is 18.4. The number of ether oxygens (including phenoxy) is 1. The monoisotopic (exact) mass is 325 g/mol. The lowest BCUT2D eigenvalue weighted by molar-refractivity contribution is -0.133. The number of aliphatic carboxylic acids is 1. The maximum atomic E-state index is 11.7. The van der Waals surface area contributed by atoms with Crippen molar-refractivity contribution in [1.29, 1.82) is 0 Å². The Balaban J connectivity index is 2.38.